The van der Waals surface area contributed by atoms with Crippen molar-refractivity contribution in [3.05, 3.63) is 94.1 Å². The van der Waals surface area contributed by atoms with E-state index in [1.54, 1.807) is 30.3 Å². The maximum atomic E-state index is 13.4. The quantitative estimate of drug-likeness (QED) is 0.308. The fraction of sp³-hybridized carbons (Fsp3) is 0.154. The second kappa shape index (κ2) is 8.52. The number of hydrogen-bond acceptors (Lipinski definition) is 8. The molecule has 3 heterocycles. The third kappa shape index (κ3) is 3.70. The van der Waals surface area contributed by atoms with Crippen molar-refractivity contribution in [1.29, 1.82) is 0 Å². The number of anilines is 1. The lowest BCUT2D eigenvalue weighted by Gasteiger charge is -2.24. The van der Waals surface area contributed by atoms with Crippen LogP contribution < -0.4 is 4.90 Å². The Kier molecular flexibility index (Phi) is 5.49. The number of esters is 1. The van der Waals surface area contributed by atoms with E-state index in [0.717, 1.165) is 21.3 Å². The standard InChI is InChI=1S/C26H20N2O6S/c1-13-11-14(2)20-18(12-13)35-26(27-20)28-21(15-6-8-16(9-7-15)25(32)33-3)19(23(30)24(28)31)22(29)17-5-4-10-34-17/h4-12,21,30H,1-3H3/t21-/m1/s1. The van der Waals surface area contributed by atoms with Gasteiger partial charge in [-0.2, -0.15) is 0 Å². The first-order valence-electron chi connectivity index (χ1n) is 10.7. The van der Waals surface area contributed by atoms with Gasteiger partial charge in [-0.1, -0.05) is 29.5 Å². The number of ether oxygens (including phenoxy) is 1. The fourth-order valence-electron chi connectivity index (χ4n) is 4.27. The van der Waals surface area contributed by atoms with Gasteiger partial charge in [0, 0.05) is 0 Å². The second-order valence-electron chi connectivity index (χ2n) is 8.18. The van der Waals surface area contributed by atoms with Crippen LogP contribution in [0.15, 0.2) is 70.5 Å². The van der Waals surface area contributed by atoms with Crippen LogP contribution in [0.5, 0.6) is 0 Å². The predicted octanol–water partition coefficient (Wildman–Crippen LogP) is 5.08. The number of Topliss-reactive ketones (excluding diaryl/α,β-unsaturated/α-hetero) is 1. The summed E-state index contributed by atoms with van der Waals surface area (Å²) in [5, 5.41) is 11.2. The average molecular weight is 489 g/mol. The fourth-order valence-corrected chi connectivity index (χ4v) is 5.44. The Balaban J connectivity index is 1.67. The molecular weight excluding hydrogens is 468 g/mol. The highest BCUT2D eigenvalue weighted by molar-refractivity contribution is 7.22. The summed E-state index contributed by atoms with van der Waals surface area (Å²) in [6.07, 6.45) is 1.35. The Morgan fingerprint density at radius 2 is 1.89 bits per heavy atom. The van der Waals surface area contributed by atoms with E-state index < -0.39 is 29.5 Å². The van der Waals surface area contributed by atoms with E-state index in [4.69, 9.17) is 9.15 Å². The smallest absolute Gasteiger partial charge is 0.337 e. The molecule has 0 unspecified atom stereocenters. The topological polar surface area (TPSA) is 110 Å². The largest absolute Gasteiger partial charge is 0.503 e. The van der Waals surface area contributed by atoms with Crippen LogP contribution in [-0.2, 0) is 9.53 Å². The second-order valence-corrected chi connectivity index (χ2v) is 9.19. The lowest BCUT2D eigenvalue weighted by molar-refractivity contribution is -0.117. The average Bonchev–Trinajstić information content (AvgIpc) is 3.57. The number of hydrogen-bond donors (Lipinski definition) is 1. The van der Waals surface area contributed by atoms with Crippen molar-refractivity contribution in [2.45, 2.75) is 19.9 Å². The zero-order valence-corrected chi connectivity index (χ0v) is 19.9. The molecule has 0 spiro atoms. The molecule has 1 atom stereocenters. The maximum Gasteiger partial charge on any atom is 0.337 e. The summed E-state index contributed by atoms with van der Waals surface area (Å²) >= 11 is 1.30. The molecule has 0 bridgehead atoms. The monoisotopic (exact) mass is 488 g/mol. The van der Waals surface area contributed by atoms with E-state index in [1.165, 1.54) is 35.7 Å². The van der Waals surface area contributed by atoms with Gasteiger partial charge in [0.05, 0.1) is 40.8 Å². The Hall–Kier alpha value is -4.24. The van der Waals surface area contributed by atoms with Crippen LogP contribution in [0.4, 0.5) is 5.13 Å². The molecule has 35 heavy (non-hydrogen) atoms. The lowest BCUT2D eigenvalue weighted by Crippen LogP contribution is -2.31. The van der Waals surface area contributed by atoms with Crippen molar-refractivity contribution in [3.63, 3.8) is 0 Å². The van der Waals surface area contributed by atoms with Crippen molar-refractivity contribution in [2.24, 2.45) is 0 Å². The van der Waals surface area contributed by atoms with Gasteiger partial charge in [-0.3, -0.25) is 14.5 Å². The van der Waals surface area contributed by atoms with Crippen LogP contribution in [0, 0.1) is 13.8 Å². The number of thiazole rings is 1. The molecular formula is C26H20N2O6S. The number of aromatic nitrogens is 1. The maximum absolute atomic E-state index is 13.4. The Morgan fingerprint density at radius 1 is 1.14 bits per heavy atom. The van der Waals surface area contributed by atoms with E-state index in [9.17, 15) is 19.5 Å². The van der Waals surface area contributed by atoms with E-state index in [-0.39, 0.29) is 11.3 Å². The van der Waals surface area contributed by atoms with Gasteiger partial charge in [0.2, 0.25) is 5.78 Å². The third-order valence-corrected chi connectivity index (χ3v) is 6.87. The molecule has 1 aliphatic heterocycles. The number of ketones is 1. The van der Waals surface area contributed by atoms with Crippen molar-refractivity contribution >= 4 is 44.3 Å². The van der Waals surface area contributed by atoms with E-state index in [0.29, 0.717) is 16.3 Å². The van der Waals surface area contributed by atoms with Crippen LogP contribution in [0.3, 0.4) is 0 Å². The molecule has 5 rings (SSSR count). The molecule has 1 aliphatic rings. The molecule has 1 N–H and O–H groups in total. The first-order chi connectivity index (χ1) is 16.8. The minimum Gasteiger partial charge on any atom is -0.503 e. The molecule has 0 aliphatic carbocycles. The number of benzene rings is 2. The van der Waals surface area contributed by atoms with Crippen molar-refractivity contribution in [1.82, 2.24) is 4.98 Å². The highest BCUT2D eigenvalue weighted by Crippen LogP contribution is 2.44. The van der Waals surface area contributed by atoms with Gasteiger partial charge >= 0.3 is 5.97 Å². The molecule has 8 nitrogen and oxygen atoms in total. The number of fused-ring (bicyclic) bond motifs is 1. The van der Waals surface area contributed by atoms with E-state index in [1.807, 2.05) is 26.0 Å². The summed E-state index contributed by atoms with van der Waals surface area (Å²) in [6, 6.07) is 12.3. The summed E-state index contributed by atoms with van der Waals surface area (Å²) in [5.41, 5.74) is 3.46. The molecule has 1 amide bonds. The number of aliphatic hydroxyl groups excluding tert-OH is 1. The molecule has 0 radical (unpaired) electrons. The molecule has 0 fully saturated rings. The Morgan fingerprint density at radius 3 is 2.54 bits per heavy atom. The SMILES string of the molecule is COC(=O)c1ccc([C@@H]2C(C(=O)c3ccco3)=C(O)C(=O)N2c2nc3c(C)cc(C)cc3s2)cc1. The summed E-state index contributed by atoms with van der Waals surface area (Å²) in [7, 11) is 1.28. The van der Waals surface area contributed by atoms with Gasteiger partial charge in [0.25, 0.3) is 5.91 Å². The van der Waals surface area contributed by atoms with Crippen LogP contribution >= 0.6 is 11.3 Å². The first kappa shape index (κ1) is 22.5. The van der Waals surface area contributed by atoms with Gasteiger partial charge in [-0.25, -0.2) is 9.78 Å². The first-order valence-corrected chi connectivity index (χ1v) is 11.5. The van der Waals surface area contributed by atoms with Gasteiger partial charge in [-0.05, 0) is 60.9 Å². The van der Waals surface area contributed by atoms with Crippen LogP contribution in [0.25, 0.3) is 10.2 Å². The van der Waals surface area contributed by atoms with Crippen LogP contribution in [0.2, 0.25) is 0 Å². The number of carbonyl (C=O) groups is 3. The third-order valence-electron chi connectivity index (χ3n) is 5.87. The zero-order chi connectivity index (χ0) is 24.9. The molecule has 2 aromatic heterocycles. The number of furan rings is 1. The van der Waals surface area contributed by atoms with Gasteiger partial charge in [0.1, 0.15) is 0 Å². The van der Waals surface area contributed by atoms with Crippen molar-refractivity contribution < 1.29 is 28.6 Å². The normalized spacial score (nSPS) is 15.8. The lowest BCUT2D eigenvalue weighted by atomic mass is 9.94. The minimum atomic E-state index is -0.978. The van der Waals surface area contributed by atoms with E-state index >= 15 is 0 Å². The predicted molar refractivity (Wildman–Crippen MR) is 130 cm³/mol. The molecule has 4 aromatic rings. The molecule has 9 heteroatoms. The molecule has 0 saturated carbocycles. The number of rotatable bonds is 5. The number of carbonyl (C=O) groups excluding carboxylic acids is 3. The van der Waals surface area contributed by atoms with Gasteiger partial charge in [0.15, 0.2) is 16.7 Å². The summed E-state index contributed by atoms with van der Waals surface area (Å²) in [6.45, 7) is 3.92. The summed E-state index contributed by atoms with van der Waals surface area (Å²) < 4.78 is 10.9. The number of nitrogens with zero attached hydrogens (tertiary/aromatic N) is 2. The van der Waals surface area contributed by atoms with Crippen LogP contribution in [-0.4, -0.2) is 34.9 Å². The number of aliphatic hydroxyl groups is 1. The molecule has 176 valence electrons. The highest BCUT2D eigenvalue weighted by Gasteiger charge is 2.46. The molecule has 0 saturated heterocycles. The number of amides is 1. The summed E-state index contributed by atoms with van der Waals surface area (Å²) in [4.78, 5) is 44.6. The Labute approximate surface area is 204 Å². The Bertz CT molecular complexity index is 1520. The number of aryl methyl sites for hydroxylation is 2. The van der Waals surface area contributed by atoms with Crippen molar-refractivity contribution in [3.8, 4) is 0 Å². The van der Waals surface area contributed by atoms with E-state index in [2.05, 4.69) is 4.98 Å². The van der Waals surface area contributed by atoms with Crippen molar-refractivity contribution in [2.75, 3.05) is 12.0 Å². The molecule has 2 aromatic carbocycles. The highest BCUT2D eigenvalue weighted by atomic mass is 32.1. The zero-order valence-electron chi connectivity index (χ0n) is 19.1. The van der Waals surface area contributed by atoms with Gasteiger partial charge in [-0.15, -0.1) is 0 Å². The van der Waals surface area contributed by atoms with Crippen LogP contribution in [0.1, 0.15) is 43.6 Å². The number of methoxy groups -OCH3 is 1. The summed E-state index contributed by atoms with van der Waals surface area (Å²) in [5.74, 6) is -2.54. The minimum absolute atomic E-state index is 0.00634. The van der Waals surface area contributed by atoms with Gasteiger partial charge < -0.3 is 14.3 Å².